The molecule has 0 unspecified atom stereocenters. The smallest absolute Gasteiger partial charge is 0.316 e. The standard InChI is InChI=1S/C12H15ClN2O3/c13-9-1-2-11(10(5-9)15-12(14)16)18-7-8-3-4-17-6-8/h1-2,5,8H,3-4,6-7H2,(H3,14,15,16)/t8-/m1/s1. The number of hydrogen-bond acceptors (Lipinski definition) is 3. The average Bonchev–Trinajstić information content (AvgIpc) is 2.80. The zero-order valence-electron chi connectivity index (χ0n) is 9.82. The Morgan fingerprint density at radius 2 is 2.44 bits per heavy atom. The lowest BCUT2D eigenvalue weighted by Gasteiger charge is -2.14. The number of primary amides is 1. The lowest BCUT2D eigenvalue weighted by Crippen LogP contribution is -2.20. The molecule has 1 atom stereocenters. The van der Waals surface area contributed by atoms with Crippen molar-refractivity contribution in [1.29, 1.82) is 0 Å². The van der Waals surface area contributed by atoms with Gasteiger partial charge in [-0.15, -0.1) is 0 Å². The minimum atomic E-state index is -0.647. The number of anilines is 1. The fourth-order valence-corrected chi connectivity index (χ4v) is 1.95. The molecule has 0 aliphatic carbocycles. The summed E-state index contributed by atoms with van der Waals surface area (Å²) in [6, 6.07) is 4.37. The fraction of sp³-hybridized carbons (Fsp3) is 0.417. The number of benzene rings is 1. The Kier molecular flexibility index (Phi) is 4.28. The van der Waals surface area contributed by atoms with Crippen molar-refractivity contribution in [2.45, 2.75) is 6.42 Å². The van der Waals surface area contributed by atoms with Gasteiger partial charge in [0.15, 0.2) is 0 Å². The highest BCUT2D eigenvalue weighted by Gasteiger charge is 2.17. The van der Waals surface area contributed by atoms with Crippen LogP contribution in [0.5, 0.6) is 5.75 Å². The van der Waals surface area contributed by atoms with Gasteiger partial charge in [0, 0.05) is 17.5 Å². The summed E-state index contributed by atoms with van der Waals surface area (Å²) in [6.45, 7) is 2.04. The summed E-state index contributed by atoms with van der Waals surface area (Å²) in [6.07, 6.45) is 0.992. The zero-order chi connectivity index (χ0) is 13.0. The number of halogens is 1. The van der Waals surface area contributed by atoms with Crippen molar-refractivity contribution in [2.75, 3.05) is 25.1 Å². The van der Waals surface area contributed by atoms with Gasteiger partial charge in [0.05, 0.1) is 18.9 Å². The summed E-state index contributed by atoms with van der Waals surface area (Å²) in [5.41, 5.74) is 5.57. The largest absolute Gasteiger partial charge is 0.491 e. The predicted octanol–water partition coefficient (Wildman–Crippen LogP) is 2.25. The third-order valence-electron chi connectivity index (χ3n) is 2.70. The molecular weight excluding hydrogens is 256 g/mol. The van der Waals surface area contributed by atoms with Crippen LogP contribution in [-0.2, 0) is 4.74 Å². The highest BCUT2D eigenvalue weighted by atomic mass is 35.5. The van der Waals surface area contributed by atoms with E-state index in [0.717, 1.165) is 13.0 Å². The van der Waals surface area contributed by atoms with Crippen LogP contribution in [0.25, 0.3) is 0 Å². The molecule has 5 nitrogen and oxygen atoms in total. The van der Waals surface area contributed by atoms with Gasteiger partial charge >= 0.3 is 6.03 Å². The van der Waals surface area contributed by atoms with Gasteiger partial charge in [-0.1, -0.05) is 11.6 Å². The SMILES string of the molecule is NC(=O)Nc1cc(Cl)ccc1OC[C@@H]1CCOC1. The second-order valence-corrected chi connectivity index (χ2v) is 4.61. The summed E-state index contributed by atoms with van der Waals surface area (Å²) < 4.78 is 10.9. The molecule has 2 rings (SSSR count). The second kappa shape index (κ2) is 5.93. The Labute approximate surface area is 110 Å². The number of nitrogens with one attached hydrogen (secondary N) is 1. The Morgan fingerprint density at radius 3 is 3.11 bits per heavy atom. The molecule has 1 aliphatic rings. The summed E-state index contributed by atoms with van der Waals surface area (Å²) in [7, 11) is 0. The van der Waals surface area contributed by atoms with Crippen LogP contribution in [0.4, 0.5) is 10.5 Å². The maximum Gasteiger partial charge on any atom is 0.316 e. The van der Waals surface area contributed by atoms with Crippen molar-refractivity contribution in [3.8, 4) is 5.75 Å². The third kappa shape index (κ3) is 3.51. The number of carbonyl (C=O) groups is 1. The highest BCUT2D eigenvalue weighted by Crippen LogP contribution is 2.28. The molecule has 3 N–H and O–H groups in total. The fourth-order valence-electron chi connectivity index (χ4n) is 1.78. The molecule has 0 spiro atoms. The summed E-state index contributed by atoms with van der Waals surface area (Å²) in [5, 5.41) is 3.00. The van der Waals surface area contributed by atoms with Crippen LogP contribution in [-0.4, -0.2) is 25.9 Å². The number of urea groups is 1. The number of rotatable bonds is 4. The number of nitrogens with two attached hydrogens (primary N) is 1. The van der Waals surface area contributed by atoms with Gasteiger partial charge in [0.1, 0.15) is 5.75 Å². The van der Waals surface area contributed by atoms with Crippen molar-refractivity contribution >= 4 is 23.3 Å². The van der Waals surface area contributed by atoms with E-state index < -0.39 is 6.03 Å². The van der Waals surface area contributed by atoms with Gasteiger partial charge in [0.25, 0.3) is 0 Å². The number of amides is 2. The lowest BCUT2D eigenvalue weighted by molar-refractivity contribution is 0.167. The van der Waals surface area contributed by atoms with E-state index >= 15 is 0 Å². The summed E-state index contributed by atoms with van der Waals surface area (Å²) in [4.78, 5) is 10.9. The first-order valence-corrected chi connectivity index (χ1v) is 6.09. The van der Waals surface area contributed by atoms with Crippen LogP contribution < -0.4 is 15.8 Å². The van der Waals surface area contributed by atoms with Crippen LogP contribution in [0.15, 0.2) is 18.2 Å². The summed E-state index contributed by atoms with van der Waals surface area (Å²) >= 11 is 5.86. The van der Waals surface area contributed by atoms with Crippen molar-refractivity contribution in [2.24, 2.45) is 11.7 Å². The van der Waals surface area contributed by atoms with E-state index in [1.165, 1.54) is 0 Å². The van der Waals surface area contributed by atoms with Gasteiger partial charge in [-0.05, 0) is 24.6 Å². The first-order chi connectivity index (χ1) is 8.65. The minimum absolute atomic E-state index is 0.391. The maximum atomic E-state index is 10.9. The molecule has 0 saturated carbocycles. The van der Waals surface area contributed by atoms with Crippen LogP contribution in [0.1, 0.15) is 6.42 Å². The van der Waals surface area contributed by atoms with Gasteiger partial charge in [0.2, 0.25) is 0 Å². The Balaban J connectivity index is 2.03. The van der Waals surface area contributed by atoms with E-state index in [0.29, 0.717) is 35.6 Å². The van der Waals surface area contributed by atoms with E-state index in [2.05, 4.69) is 5.32 Å². The van der Waals surface area contributed by atoms with E-state index in [1.807, 2.05) is 0 Å². The molecule has 1 fully saturated rings. The third-order valence-corrected chi connectivity index (χ3v) is 2.93. The molecule has 0 bridgehead atoms. The average molecular weight is 271 g/mol. The number of hydrogen-bond donors (Lipinski definition) is 2. The molecule has 98 valence electrons. The molecule has 1 aromatic rings. The van der Waals surface area contributed by atoms with Gasteiger partial charge in [-0.2, -0.15) is 0 Å². The molecule has 18 heavy (non-hydrogen) atoms. The van der Waals surface area contributed by atoms with Crippen molar-refractivity contribution < 1.29 is 14.3 Å². The van der Waals surface area contributed by atoms with Crippen LogP contribution in [0, 0.1) is 5.92 Å². The van der Waals surface area contributed by atoms with Gasteiger partial charge in [-0.3, -0.25) is 0 Å². The molecule has 0 radical (unpaired) electrons. The molecule has 0 aromatic heterocycles. The van der Waals surface area contributed by atoms with Gasteiger partial charge < -0.3 is 20.5 Å². The number of ether oxygens (including phenoxy) is 2. The van der Waals surface area contributed by atoms with E-state index in [1.54, 1.807) is 18.2 Å². The normalized spacial score (nSPS) is 18.6. The molecule has 1 aliphatic heterocycles. The van der Waals surface area contributed by atoms with Crippen molar-refractivity contribution in [1.82, 2.24) is 0 Å². The van der Waals surface area contributed by atoms with Crippen molar-refractivity contribution in [3.63, 3.8) is 0 Å². The van der Waals surface area contributed by atoms with Crippen LogP contribution in [0.2, 0.25) is 5.02 Å². The van der Waals surface area contributed by atoms with Crippen molar-refractivity contribution in [3.05, 3.63) is 23.2 Å². The molecule has 1 aromatic carbocycles. The first-order valence-electron chi connectivity index (χ1n) is 5.71. The molecule has 1 heterocycles. The van der Waals surface area contributed by atoms with Crippen LogP contribution >= 0.6 is 11.6 Å². The van der Waals surface area contributed by atoms with E-state index in [4.69, 9.17) is 26.8 Å². The first kappa shape index (κ1) is 13.0. The Bertz CT molecular complexity index is 433. The number of carbonyl (C=O) groups excluding carboxylic acids is 1. The summed E-state index contributed by atoms with van der Waals surface area (Å²) in [5.74, 6) is 0.951. The van der Waals surface area contributed by atoms with Crippen LogP contribution in [0.3, 0.4) is 0 Å². The highest BCUT2D eigenvalue weighted by molar-refractivity contribution is 6.31. The monoisotopic (exact) mass is 270 g/mol. The molecular formula is C12H15ClN2O3. The quantitative estimate of drug-likeness (QED) is 0.881. The molecule has 2 amide bonds. The van der Waals surface area contributed by atoms with E-state index in [9.17, 15) is 4.79 Å². The molecule has 1 saturated heterocycles. The zero-order valence-corrected chi connectivity index (χ0v) is 10.6. The van der Waals surface area contributed by atoms with Gasteiger partial charge in [-0.25, -0.2) is 4.79 Å². The lowest BCUT2D eigenvalue weighted by atomic mass is 10.1. The Morgan fingerprint density at radius 1 is 1.61 bits per heavy atom. The second-order valence-electron chi connectivity index (χ2n) is 4.17. The minimum Gasteiger partial charge on any atom is -0.491 e. The van der Waals surface area contributed by atoms with E-state index in [-0.39, 0.29) is 0 Å². The predicted molar refractivity (Wildman–Crippen MR) is 69.1 cm³/mol. The Hall–Kier alpha value is -1.46. The maximum absolute atomic E-state index is 10.9. The molecule has 6 heteroatoms. The topological polar surface area (TPSA) is 73.6 Å².